The first-order valence-electron chi connectivity index (χ1n) is 16.0. The van der Waals surface area contributed by atoms with Gasteiger partial charge in [-0.15, -0.1) is 0 Å². The lowest BCUT2D eigenvalue weighted by atomic mass is 9.73. The van der Waals surface area contributed by atoms with Gasteiger partial charge in [0.1, 0.15) is 11.5 Å². The summed E-state index contributed by atoms with van der Waals surface area (Å²) in [6.07, 6.45) is 5.37. The summed E-state index contributed by atoms with van der Waals surface area (Å²) in [5.74, 6) is 0.0346. The standard InChI is InChI=1S/C38H48N2O4/c1-37(2)23-29(39-21-19-27-13-7-5-8-14-27)35(33(43)25-37)31(41)17-11-12-18-32(42)36-30(24-38(3,4)26-34(36)44)40-22-20-28-15-9-6-10-16-28/h5-10,13-16,41-42H,11-12,17-26H2,1-4H3/b35-31+,36-32+,39-29?,40-30?. The van der Waals surface area contributed by atoms with Crippen LogP contribution in [-0.2, 0) is 22.4 Å². The highest BCUT2D eigenvalue weighted by Gasteiger charge is 2.37. The second kappa shape index (κ2) is 14.8. The van der Waals surface area contributed by atoms with Crippen LogP contribution in [0.5, 0.6) is 0 Å². The quantitative estimate of drug-likeness (QED) is 0.155. The number of aliphatic imine (C=N–C) groups is 2. The molecule has 2 aliphatic rings. The van der Waals surface area contributed by atoms with Crippen molar-refractivity contribution in [2.45, 2.75) is 91.9 Å². The second-order valence-electron chi connectivity index (χ2n) is 13.9. The van der Waals surface area contributed by atoms with Gasteiger partial charge in [0.15, 0.2) is 11.6 Å². The van der Waals surface area contributed by atoms with Crippen LogP contribution in [0.15, 0.2) is 93.3 Å². The number of ketones is 2. The zero-order chi connectivity index (χ0) is 31.7. The highest BCUT2D eigenvalue weighted by atomic mass is 16.3. The van der Waals surface area contributed by atoms with Gasteiger partial charge in [-0.25, -0.2) is 0 Å². The fourth-order valence-electron chi connectivity index (χ4n) is 6.27. The Balaban J connectivity index is 1.42. The monoisotopic (exact) mass is 596 g/mol. The van der Waals surface area contributed by atoms with Gasteiger partial charge in [-0.05, 0) is 60.5 Å². The average molecular weight is 597 g/mol. The Labute approximate surface area is 262 Å². The van der Waals surface area contributed by atoms with Crippen LogP contribution in [-0.4, -0.2) is 46.3 Å². The highest BCUT2D eigenvalue weighted by Crippen LogP contribution is 2.37. The van der Waals surface area contributed by atoms with E-state index < -0.39 is 0 Å². The zero-order valence-electron chi connectivity index (χ0n) is 26.9. The van der Waals surface area contributed by atoms with E-state index in [1.54, 1.807) is 0 Å². The molecule has 2 N–H and O–H groups in total. The Morgan fingerprint density at radius 2 is 0.977 bits per heavy atom. The smallest absolute Gasteiger partial charge is 0.168 e. The van der Waals surface area contributed by atoms with Gasteiger partial charge < -0.3 is 10.2 Å². The molecular weight excluding hydrogens is 548 g/mol. The fraction of sp³-hybridized carbons (Fsp3) is 0.474. The number of aliphatic hydroxyl groups is 2. The van der Waals surface area contributed by atoms with Crippen LogP contribution in [0.4, 0.5) is 0 Å². The van der Waals surface area contributed by atoms with Crippen LogP contribution in [0.25, 0.3) is 0 Å². The van der Waals surface area contributed by atoms with Crippen molar-refractivity contribution in [3.8, 4) is 0 Å². The van der Waals surface area contributed by atoms with Crippen molar-refractivity contribution in [1.82, 2.24) is 0 Å². The SMILES string of the molecule is CC1(C)CC(=O)/C(=C(/O)CCCC/C(O)=C2\C(=O)CC(C)(C)CC2=NCCc2ccccc2)C(=NCCc2ccccc2)C1. The van der Waals surface area contributed by atoms with E-state index in [1.165, 1.54) is 11.1 Å². The highest BCUT2D eigenvalue weighted by molar-refractivity contribution is 6.25. The summed E-state index contributed by atoms with van der Waals surface area (Å²) in [7, 11) is 0. The summed E-state index contributed by atoms with van der Waals surface area (Å²) in [6.45, 7) is 9.37. The number of allylic oxidation sites excluding steroid dienone is 4. The maximum absolute atomic E-state index is 13.1. The lowest BCUT2D eigenvalue weighted by molar-refractivity contribution is -0.118. The Morgan fingerprint density at radius 1 is 0.614 bits per heavy atom. The Hall–Kier alpha value is -3.80. The van der Waals surface area contributed by atoms with Gasteiger partial charge in [-0.3, -0.25) is 19.6 Å². The minimum absolute atomic E-state index is 0.0612. The van der Waals surface area contributed by atoms with E-state index in [0.29, 0.717) is 87.0 Å². The van der Waals surface area contributed by atoms with Gasteiger partial charge in [0, 0.05) is 50.2 Å². The number of nitrogens with zero attached hydrogens (tertiary/aromatic N) is 2. The number of benzene rings is 2. The van der Waals surface area contributed by atoms with Gasteiger partial charge in [-0.1, -0.05) is 88.4 Å². The Kier molecular flexibility index (Phi) is 11.1. The van der Waals surface area contributed by atoms with Crippen LogP contribution in [0.2, 0.25) is 0 Å². The van der Waals surface area contributed by atoms with Crippen molar-refractivity contribution in [3.63, 3.8) is 0 Å². The number of hydrogen-bond acceptors (Lipinski definition) is 6. The first kappa shape index (κ1) is 33.1. The molecule has 0 atom stereocenters. The molecule has 0 saturated heterocycles. The summed E-state index contributed by atoms with van der Waals surface area (Å²) < 4.78 is 0. The molecule has 2 aromatic rings. The summed E-state index contributed by atoms with van der Waals surface area (Å²) >= 11 is 0. The van der Waals surface area contributed by atoms with Crippen molar-refractivity contribution >= 4 is 23.0 Å². The molecule has 2 saturated carbocycles. The number of Topliss-reactive ketones (excluding diaryl/α,β-unsaturated/α-hetero) is 2. The van der Waals surface area contributed by atoms with Gasteiger partial charge in [0.2, 0.25) is 0 Å². The second-order valence-corrected chi connectivity index (χ2v) is 13.9. The zero-order valence-corrected chi connectivity index (χ0v) is 26.9. The van der Waals surface area contributed by atoms with Gasteiger partial charge in [0.25, 0.3) is 0 Å². The van der Waals surface area contributed by atoms with Gasteiger partial charge in [-0.2, -0.15) is 0 Å². The molecule has 4 rings (SSSR count). The normalized spacial score (nSPS) is 22.4. The first-order chi connectivity index (χ1) is 20.9. The summed E-state index contributed by atoms with van der Waals surface area (Å²) in [5, 5.41) is 22.2. The van der Waals surface area contributed by atoms with E-state index in [-0.39, 0.29) is 33.9 Å². The van der Waals surface area contributed by atoms with Crippen molar-refractivity contribution < 1.29 is 19.8 Å². The number of aliphatic hydroxyl groups excluding tert-OH is 2. The van der Waals surface area contributed by atoms with E-state index in [1.807, 2.05) is 36.4 Å². The van der Waals surface area contributed by atoms with E-state index in [4.69, 9.17) is 9.98 Å². The predicted octanol–water partition coefficient (Wildman–Crippen LogP) is 8.32. The third-order valence-electron chi connectivity index (χ3n) is 8.45. The largest absolute Gasteiger partial charge is 0.511 e. The molecule has 0 unspecified atom stereocenters. The molecule has 0 bridgehead atoms. The average Bonchev–Trinajstić information content (AvgIpc) is 2.95. The molecule has 234 valence electrons. The summed E-state index contributed by atoms with van der Waals surface area (Å²) in [6, 6.07) is 20.3. The minimum Gasteiger partial charge on any atom is -0.511 e. The van der Waals surface area contributed by atoms with Crippen molar-refractivity contribution in [1.29, 1.82) is 0 Å². The van der Waals surface area contributed by atoms with E-state index >= 15 is 0 Å². The maximum atomic E-state index is 13.1. The van der Waals surface area contributed by atoms with Crippen molar-refractivity contribution in [2.75, 3.05) is 13.1 Å². The van der Waals surface area contributed by atoms with E-state index in [0.717, 1.165) is 12.8 Å². The van der Waals surface area contributed by atoms with Crippen LogP contribution >= 0.6 is 0 Å². The Morgan fingerprint density at radius 3 is 1.34 bits per heavy atom. The van der Waals surface area contributed by atoms with Crippen LogP contribution in [0.1, 0.15) is 90.2 Å². The molecule has 0 aromatic heterocycles. The minimum atomic E-state index is -0.203. The summed E-state index contributed by atoms with van der Waals surface area (Å²) in [5.41, 5.74) is 4.10. The third-order valence-corrected chi connectivity index (χ3v) is 8.45. The lowest BCUT2D eigenvalue weighted by Gasteiger charge is -2.31. The molecule has 0 amide bonds. The summed E-state index contributed by atoms with van der Waals surface area (Å²) in [4.78, 5) is 35.9. The van der Waals surface area contributed by atoms with Crippen LogP contribution in [0.3, 0.4) is 0 Å². The number of carbonyl (C=O) groups excluding carboxylic acids is 2. The Bertz CT molecular complexity index is 1330. The molecule has 2 aliphatic carbocycles. The van der Waals surface area contributed by atoms with Gasteiger partial charge in [0.05, 0.1) is 11.1 Å². The lowest BCUT2D eigenvalue weighted by Crippen LogP contribution is -2.33. The van der Waals surface area contributed by atoms with E-state index in [2.05, 4.69) is 52.0 Å². The molecule has 44 heavy (non-hydrogen) atoms. The molecular formula is C38H48N2O4. The number of hydrogen-bond donors (Lipinski definition) is 2. The van der Waals surface area contributed by atoms with Crippen molar-refractivity contribution in [3.05, 3.63) is 94.5 Å². The van der Waals surface area contributed by atoms with Crippen molar-refractivity contribution in [2.24, 2.45) is 20.8 Å². The van der Waals surface area contributed by atoms with Crippen LogP contribution < -0.4 is 0 Å². The number of carbonyl (C=O) groups is 2. The molecule has 0 aliphatic heterocycles. The predicted molar refractivity (Wildman–Crippen MR) is 179 cm³/mol. The first-order valence-corrected chi connectivity index (χ1v) is 16.0. The molecule has 0 spiro atoms. The topological polar surface area (TPSA) is 99.3 Å². The molecule has 6 nitrogen and oxygen atoms in total. The number of unbranched alkanes of at least 4 members (excludes halogenated alkanes) is 1. The third kappa shape index (κ3) is 9.35. The molecule has 2 aromatic carbocycles. The molecule has 0 radical (unpaired) electrons. The molecule has 6 heteroatoms. The van der Waals surface area contributed by atoms with Crippen LogP contribution in [0, 0.1) is 10.8 Å². The van der Waals surface area contributed by atoms with E-state index in [9.17, 15) is 19.8 Å². The van der Waals surface area contributed by atoms with Gasteiger partial charge >= 0.3 is 0 Å². The molecule has 2 fully saturated rings. The fourth-order valence-corrected chi connectivity index (χ4v) is 6.27. The maximum Gasteiger partial charge on any atom is 0.168 e. The molecule has 0 heterocycles. The number of rotatable bonds is 11.